The largest absolute Gasteiger partial charge is 0.477 e. The van der Waals surface area contributed by atoms with Crippen LogP contribution in [0.4, 0.5) is 0 Å². The molecule has 0 aliphatic carbocycles. The molecule has 124 valence electrons. The molecule has 0 atom stereocenters. The van der Waals surface area contributed by atoms with E-state index in [9.17, 15) is 4.79 Å². The number of fused-ring (bicyclic) bond motifs is 1. The van der Waals surface area contributed by atoms with E-state index in [1.165, 1.54) is 16.9 Å². The van der Waals surface area contributed by atoms with Crippen LogP contribution in [0.25, 0.3) is 11.5 Å². The molecular formula is C17H17N3O3S. The molecule has 0 unspecified atom stereocenters. The molecule has 0 saturated carbocycles. The molecule has 4 rings (SSSR count). The van der Waals surface area contributed by atoms with E-state index in [0.717, 1.165) is 53.7 Å². The average Bonchev–Trinajstić information content (AvgIpc) is 3.25. The maximum atomic E-state index is 11.1. The van der Waals surface area contributed by atoms with Gasteiger partial charge in [-0.05, 0) is 37.1 Å². The fraction of sp³-hybridized carbons (Fsp3) is 0.294. The van der Waals surface area contributed by atoms with Gasteiger partial charge in [0, 0.05) is 30.1 Å². The monoisotopic (exact) mass is 343 g/mol. The Morgan fingerprint density at radius 1 is 1.50 bits per heavy atom. The van der Waals surface area contributed by atoms with Gasteiger partial charge in [-0.25, -0.2) is 4.79 Å². The van der Waals surface area contributed by atoms with Crippen LogP contribution in [0, 0.1) is 6.92 Å². The number of rotatable bonds is 4. The van der Waals surface area contributed by atoms with Crippen molar-refractivity contribution in [3.8, 4) is 11.5 Å². The second-order valence-electron chi connectivity index (χ2n) is 6.01. The van der Waals surface area contributed by atoms with Crippen molar-refractivity contribution in [2.24, 2.45) is 0 Å². The minimum atomic E-state index is -0.841. The van der Waals surface area contributed by atoms with Gasteiger partial charge in [-0.1, -0.05) is 0 Å². The van der Waals surface area contributed by atoms with Gasteiger partial charge in [-0.2, -0.15) is 5.10 Å². The average molecular weight is 343 g/mol. The van der Waals surface area contributed by atoms with E-state index in [-0.39, 0.29) is 0 Å². The third kappa shape index (κ3) is 2.76. The molecule has 0 bridgehead atoms. The van der Waals surface area contributed by atoms with Crippen LogP contribution in [0.1, 0.15) is 31.4 Å². The second kappa shape index (κ2) is 5.92. The van der Waals surface area contributed by atoms with Gasteiger partial charge in [0.25, 0.3) is 0 Å². The minimum Gasteiger partial charge on any atom is -0.477 e. The Hall–Kier alpha value is -2.38. The van der Waals surface area contributed by atoms with E-state index < -0.39 is 5.97 Å². The molecule has 0 saturated heterocycles. The zero-order valence-electron chi connectivity index (χ0n) is 13.2. The minimum absolute atomic E-state index is 0.428. The lowest BCUT2D eigenvalue weighted by molar-refractivity contribution is 0.0702. The normalized spacial score (nSPS) is 14.7. The van der Waals surface area contributed by atoms with Crippen molar-refractivity contribution in [2.75, 3.05) is 6.54 Å². The molecular weight excluding hydrogens is 326 g/mol. The molecule has 0 aromatic carbocycles. The number of carboxylic acids is 1. The summed E-state index contributed by atoms with van der Waals surface area (Å²) >= 11 is 1.38. The van der Waals surface area contributed by atoms with Gasteiger partial charge >= 0.3 is 5.97 Å². The van der Waals surface area contributed by atoms with Crippen LogP contribution < -0.4 is 0 Å². The van der Waals surface area contributed by atoms with E-state index in [0.29, 0.717) is 4.88 Å². The van der Waals surface area contributed by atoms with Crippen LogP contribution in [0.3, 0.4) is 0 Å². The summed E-state index contributed by atoms with van der Waals surface area (Å²) < 4.78 is 5.69. The number of hydrogen-bond donors (Lipinski definition) is 2. The summed E-state index contributed by atoms with van der Waals surface area (Å²) in [5, 5.41) is 16.3. The number of H-pyrrole nitrogens is 1. The number of hydrogen-bond acceptors (Lipinski definition) is 5. The molecule has 2 N–H and O–H groups in total. The van der Waals surface area contributed by atoms with Gasteiger partial charge in [0.15, 0.2) is 5.76 Å². The number of nitrogens with one attached hydrogen (secondary N) is 1. The Labute approximate surface area is 142 Å². The summed E-state index contributed by atoms with van der Waals surface area (Å²) in [7, 11) is 0. The molecule has 24 heavy (non-hydrogen) atoms. The molecule has 7 heteroatoms. The predicted molar refractivity (Wildman–Crippen MR) is 90.1 cm³/mol. The number of carbonyl (C=O) groups is 1. The standard InChI is InChI=1S/C17H17N3O3S/c1-10-2-3-13(23-10)16-12(7-18-19-16)8-20-5-4-11-6-14(17(21)22)24-15(11)9-20/h2-3,6-7H,4-5,8-9H2,1H3,(H,18,19)(H,21,22). The van der Waals surface area contributed by atoms with Crippen molar-refractivity contribution in [1.82, 2.24) is 15.1 Å². The Morgan fingerprint density at radius 2 is 2.38 bits per heavy atom. The van der Waals surface area contributed by atoms with Crippen LogP contribution in [0.2, 0.25) is 0 Å². The summed E-state index contributed by atoms with van der Waals surface area (Å²) in [5.41, 5.74) is 3.16. The van der Waals surface area contributed by atoms with Crippen molar-refractivity contribution in [1.29, 1.82) is 0 Å². The van der Waals surface area contributed by atoms with Crippen molar-refractivity contribution < 1.29 is 14.3 Å². The molecule has 6 nitrogen and oxygen atoms in total. The van der Waals surface area contributed by atoms with Gasteiger partial charge < -0.3 is 9.52 Å². The molecule has 0 radical (unpaired) electrons. The van der Waals surface area contributed by atoms with Crippen LogP contribution in [-0.2, 0) is 19.5 Å². The van der Waals surface area contributed by atoms with Crippen LogP contribution in [-0.4, -0.2) is 32.7 Å². The van der Waals surface area contributed by atoms with Crippen molar-refractivity contribution in [3.05, 3.63) is 51.0 Å². The van der Waals surface area contributed by atoms with E-state index >= 15 is 0 Å². The van der Waals surface area contributed by atoms with Gasteiger partial charge in [0.05, 0.1) is 6.20 Å². The third-order valence-corrected chi connectivity index (χ3v) is 5.42. The molecule has 3 aromatic rings. The highest BCUT2D eigenvalue weighted by molar-refractivity contribution is 7.14. The number of aryl methyl sites for hydroxylation is 1. The maximum Gasteiger partial charge on any atom is 0.345 e. The highest BCUT2D eigenvalue weighted by Crippen LogP contribution is 2.30. The SMILES string of the molecule is Cc1ccc(-c2[nH]ncc2CN2CCc3cc(C(=O)O)sc3C2)o1. The molecule has 0 amide bonds. The first-order chi connectivity index (χ1) is 11.6. The summed E-state index contributed by atoms with van der Waals surface area (Å²) in [6.45, 7) is 4.35. The topological polar surface area (TPSA) is 82.4 Å². The first-order valence-electron chi connectivity index (χ1n) is 7.76. The number of furan rings is 1. The van der Waals surface area contributed by atoms with Crippen LogP contribution in [0.15, 0.2) is 28.8 Å². The predicted octanol–water partition coefficient (Wildman–Crippen LogP) is 3.30. The Morgan fingerprint density at radius 3 is 3.12 bits per heavy atom. The van der Waals surface area contributed by atoms with Gasteiger partial charge in [-0.3, -0.25) is 10.00 Å². The van der Waals surface area contributed by atoms with Gasteiger partial charge in [0.1, 0.15) is 16.3 Å². The van der Waals surface area contributed by atoms with Crippen molar-refractivity contribution in [2.45, 2.75) is 26.4 Å². The van der Waals surface area contributed by atoms with E-state index in [1.807, 2.05) is 31.3 Å². The lowest BCUT2D eigenvalue weighted by Gasteiger charge is -2.26. The lowest BCUT2D eigenvalue weighted by Crippen LogP contribution is -2.29. The first kappa shape index (κ1) is 15.2. The fourth-order valence-corrected chi connectivity index (χ4v) is 4.16. The van der Waals surface area contributed by atoms with Crippen molar-refractivity contribution in [3.63, 3.8) is 0 Å². The Balaban J connectivity index is 1.53. The molecule has 1 aliphatic heterocycles. The van der Waals surface area contributed by atoms with Crippen molar-refractivity contribution >= 4 is 17.3 Å². The fourth-order valence-electron chi connectivity index (χ4n) is 3.07. The maximum absolute atomic E-state index is 11.1. The van der Waals surface area contributed by atoms with Crippen LogP contribution in [0.5, 0.6) is 0 Å². The zero-order valence-corrected chi connectivity index (χ0v) is 14.0. The number of aromatic nitrogens is 2. The lowest BCUT2D eigenvalue weighted by atomic mass is 10.1. The summed E-state index contributed by atoms with van der Waals surface area (Å²) in [6, 6.07) is 5.69. The third-order valence-electron chi connectivity index (χ3n) is 4.27. The summed E-state index contributed by atoms with van der Waals surface area (Å²) in [6.07, 6.45) is 2.71. The van der Waals surface area contributed by atoms with E-state index in [2.05, 4.69) is 15.1 Å². The van der Waals surface area contributed by atoms with Gasteiger partial charge in [0.2, 0.25) is 0 Å². The molecule has 3 aromatic heterocycles. The molecule has 0 fully saturated rings. The van der Waals surface area contributed by atoms with E-state index in [1.54, 1.807) is 0 Å². The number of thiophene rings is 1. The number of aromatic carboxylic acids is 1. The molecule has 1 aliphatic rings. The second-order valence-corrected chi connectivity index (χ2v) is 7.14. The van der Waals surface area contributed by atoms with Gasteiger partial charge in [-0.15, -0.1) is 11.3 Å². The molecule has 0 spiro atoms. The van der Waals surface area contributed by atoms with E-state index in [4.69, 9.17) is 9.52 Å². The number of carboxylic acid groups (broad SMARTS) is 1. The highest BCUT2D eigenvalue weighted by atomic mass is 32.1. The highest BCUT2D eigenvalue weighted by Gasteiger charge is 2.23. The van der Waals surface area contributed by atoms with Crippen LogP contribution >= 0.6 is 11.3 Å². The Kier molecular flexibility index (Phi) is 3.74. The molecule has 4 heterocycles. The first-order valence-corrected chi connectivity index (χ1v) is 8.58. The quantitative estimate of drug-likeness (QED) is 0.759. The number of aromatic amines is 1. The Bertz CT molecular complexity index is 893. The number of nitrogens with zero attached hydrogens (tertiary/aromatic N) is 2. The zero-order chi connectivity index (χ0) is 16.7. The summed E-state index contributed by atoms with van der Waals surface area (Å²) in [5.74, 6) is 0.821. The smallest absolute Gasteiger partial charge is 0.345 e. The summed E-state index contributed by atoms with van der Waals surface area (Å²) in [4.78, 5) is 15.0.